The normalized spacial score (nSPS) is 10.9. The van der Waals surface area contributed by atoms with Gasteiger partial charge in [-0.2, -0.15) is 0 Å². The van der Waals surface area contributed by atoms with E-state index in [1.807, 2.05) is 37.3 Å². The van der Waals surface area contributed by atoms with E-state index in [1.165, 1.54) is 4.52 Å². The third kappa shape index (κ3) is 1.45. The molecule has 0 bridgehead atoms. The molecule has 0 saturated heterocycles. The Labute approximate surface area is 97.5 Å². The van der Waals surface area contributed by atoms with Gasteiger partial charge >= 0.3 is 0 Å². The second-order valence-corrected chi connectivity index (χ2v) is 3.90. The average molecular weight is 225 g/mol. The van der Waals surface area contributed by atoms with Crippen molar-refractivity contribution in [2.45, 2.75) is 6.92 Å². The molecular formula is C13H11N3O. The van der Waals surface area contributed by atoms with Gasteiger partial charge in [0.05, 0.1) is 11.3 Å². The van der Waals surface area contributed by atoms with Gasteiger partial charge in [-0.3, -0.25) is 9.89 Å². The first kappa shape index (κ1) is 9.84. The molecule has 0 aliphatic rings. The Morgan fingerprint density at radius 2 is 1.94 bits per heavy atom. The van der Waals surface area contributed by atoms with Gasteiger partial charge in [0.2, 0.25) is 0 Å². The first-order valence-corrected chi connectivity index (χ1v) is 5.39. The number of rotatable bonds is 1. The zero-order chi connectivity index (χ0) is 11.8. The summed E-state index contributed by atoms with van der Waals surface area (Å²) in [5.41, 5.74) is 2.87. The fraction of sp³-hybridized carbons (Fsp3) is 0.0769. The van der Waals surface area contributed by atoms with Crippen molar-refractivity contribution in [1.82, 2.24) is 14.6 Å². The predicted molar refractivity (Wildman–Crippen MR) is 66.0 cm³/mol. The predicted octanol–water partition coefficient (Wildman–Crippen LogP) is 2.00. The number of aromatic amines is 1. The molecule has 0 amide bonds. The zero-order valence-electron chi connectivity index (χ0n) is 9.34. The third-order valence-electron chi connectivity index (χ3n) is 2.79. The van der Waals surface area contributed by atoms with E-state index in [0.717, 1.165) is 11.3 Å². The van der Waals surface area contributed by atoms with E-state index in [9.17, 15) is 4.79 Å². The van der Waals surface area contributed by atoms with Crippen LogP contribution in [0.2, 0.25) is 0 Å². The Morgan fingerprint density at radius 3 is 2.71 bits per heavy atom. The van der Waals surface area contributed by atoms with E-state index in [-0.39, 0.29) is 5.56 Å². The van der Waals surface area contributed by atoms with Gasteiger partial charge in [0.15, 0.2) is 5.65 Å². The van der Waals surface area contributed by atoms with Crippen molar-refractivity contribution in [3.63, 3.8) is 0 Å². The van der Waals surface area contributed by atoms with Gasteiger partial charge in [-0.1, -0.05) is 30.3 Å². The molecule has 0 unspecified atom stereocenters. The molecule has 17 heavy (non-hydrogen) atoms. The number of hydrogen-bond acceptors (Lipinski definition) is 2. The number of H-pyrrole nitrogens is 1. The van der Waals surface area contributed by atoms with Gasteiger partial charge in [0.1, 0.15) is 0 Å². The van der Waals surface area contributed by atoms with E-state index in [1.54, 1.807) is 12.3 Å². The number of nitrogens with zero attached hydrogens (tertiary/aromatic N) is 2. The molecule has 3 aromatic rings. The van der Waals surface area contributed by atoms with Crippen LogP contribution in [0.15, 0.2) is 47.4 Å². The lowest BCUT2D eigenvalue weighted by molar-refractivity contribution is 0.893. The van der Waals surface area contributed by atoms with E-state index in [2.05, 4.69) is 10.1 Å². The Morgan fingerprint density at radius 1 is 1.18 bits per heavy atom. The first-order valence-electron chi connectivity index (χ1n) is 5.39. The third-order valence-corrected chi connectivity index (χ3v) is 2.79. The summed E-state index contributed by atoms with van der Waals surface area (Å²) in [6, 6.07) is 11.4. The number of benzene rings is 1. The highest BCUT2D eigenvalue weighted by atomic mass is 16.1. The molecule has 2 heterocycles. The molecule has 0 radical (unpaired) electrons. The number of nitrogens with one attached hydrogen (secondary N) is 1. The maximum atomic E-state index is 12.3. The molecule has 0 atom stereocenters. The zero-order valence-corrected chi connectivity index (χ0v) is 9.34. The summed E-state index contributed by atoms with van der Waals surface area (Å²) < 4.78 is 1.45. The van der Waals surface area contributed by atoms with Crippen molar-refractivity contribution in [1.29, 1.82) is 0 Å². The Bertz CT molecular complexity index is 725. The van der Waals surface area contributed by atoms with E-state index >= 15 is 0 Å². The fourth-order valence-corrected chi connectivity index (χ4v) is 2.01. The lowest BCUT2D eigenvalue weighted by atomic mass is 10.1. The van der Waals surface area contributed by atoms with E-state index < -0.39 is 0 Å². The van der Waals surface area contributed by atoms with Gasteiger partial charge < -0.3 is 0 Å². The summed E-state index contributed by atoms with van der Waals surface area (Å²) in [6.45, 7) is 1.86. The van der Waals surface area contributed by atoms with Gasteiger partial charge in [0.25, 0.3) is 5.56 Å². The van der Waals surface area contributed by atoms with Crippen LogP contribution >= 0.6 is 0 Å². The highest BCUT2D eigenvalue weighted by Gasteiger charge is 2.11. The Hall–Kier alpha value is -2.36. The van der Waals surface area contributed by atoms with Crippen LogP contribution in [-0.4, -0.2) is 14.6 Å². The average Bonchev–Trinajstić information content (AvgIpc) is 2.78. The second kappa shape index (κ2) is 3.59. The lowest BCUT2D eigenvalue weighted by Gasteiger charge is -2.05. The molecule has 1 aromatic carbocycles. The summed E-state index contributed by atoms with van der Waals surface area (Å²) in [5, 5.41) is 2.87. The molecule has 84 valence electrons. The minimum absolute atomic E-state index is 0.0660. The van der Waals surface area contributed by atoms with Crippen LogP contribution in [-0.2, 0) is 0 Å². The van der Waals surface area contributed by atoms with Crippen molar-refractivity contribution in [2.75, 3.05) is 0 Å². The molecule has 2 aromatic heterocycles. The van der Waals surface area contributed by atoms with Gasteiger partial charge in [-0.05, 0) is 12.5 Å². The van der Waals surface area contributed by atoms with E-state index in [0.29, 0.717) is 11.2 Å². The van der Waals surface area contributed by atoms with Gasteiger partial charge in [0, 0.05) is 12.3 Å². The Balaban J connectivity index is 2.40. The highest BCUT2D eigenvalue weighted by Crippen LogP contribution is 2.17. The lowest BCUT2D eigenvalue weighted by Crippen LogP contribution is -2.18. The van der Waals surface area contributed by atoms with Crippen molar-refractivity contribution in [2.24, 2.45) is 0 Å². The van der Waals surface area contributed by atoms with Crippen LogP contribution in [0.1, 0.15) is 5.69 Å². The van der Waals surface area contributed by atoms with Crippen LogP contribution in [0.3, 0.4) is 0 Å². The van der Waals surface area contributed by atoms with Crippen molar-refractivity contribution in [3.05, 3.63) is 58.6 Å². The summed E-state index contributed by atoms with van der Waals surface area (Å²) in [5.74, 6) is 0. The molecule has 3 rings (SSSR count). The van der Waals surface area contributed by atoms with Crippen LogP contribution in [0.4, 0.5) is 0 Å². The molecular weight excluding hydrogens is 214 g/mol. The molecule has 0 fully saturated rings. The molecule has 0 aliphatic heterocycles. The van der Waals surface area contributed by atoms with Crippen molar-refractivity contribution in [3.8, 4) is 11.1 Å². The highest BCUT2D eigenvalue weighted by molar-refractivity contribution is 5.66. The molecule has 0 aliphatic carbocycles. The maximum Gasteiger partial charge on any atom is 0.280 e. The fourth-order valence-electron chi connectivity index (χ4n) is 2.01. The Kier molecular flexibility index (Phi) is 2.08. The SMILES string of the molecule is Cc1nc2cc[nH]n2c(=O)c1-c1ccccc1. The second-order valence-electron chi connectivity index (χ2n) is 3.90. The number of fused-ring (bicyclic) bond motifs is 1. The van der Waals surface area contributed by atoms with E-state index in [4.69, 9.17) is 0 Å². The number of aromatic nitrogens is 3. The molecule has 1 N–H and O–H groups in total. The standard InChI is InChI=1S/C13H11N3O/c1-9-12(10-5-3-2-4-6-10)13(17)16-11(15-9)7-8-14-16/h2-8,14H,1H3. The molecule has 4 nitrogen and oxygen atoms in total. The van der Waals surface area contributed by atoms with Gasteiger partial charge in [-0.15, -0.1) is 0 Å². The minimum atomic E-state index is -0.0660. The van der Waals surface area contributed by atoms with Crippen LogP contribution in [0, 0.1) is 6.92 Å². The largest absolute Gasteiger partial charge is 0.297 e. The quantitative estimate of drug-likeness (QED) is 0.688. The summed E-state index contributed by atoms with van der Waals surface area (Å²) in [7, 11) is 0. The van der Waals surface area contributed by atoms with Crippen LogP contribution < -0.4 is 5.56 Å². The smallest absolute Gasteiger partial charge is 0.280 e. The van der Waals surface area contributed by atoms with Crippen LogP contribution in [0.25, 0.3) is 16.8 Å². The maximum absolute atomic E-state index is 12.3. The first-order chi connectivity index (χ1) is 8.27. The van der Waals surface area contributed by atoms with Gasteiger partial charge in [-0.25, -0.2) is 9.50 Å². The monoisotopic (exact) mass is 225 g/mol. The van der Waals surface area contributed by atoms with Crippen molar-refractivity contribution < 1.29 is 0 Å². The molecule has 0 spiro atoms. The minimum Gasteiger partial charge on any atom is -0.297 e. The molecule has 0 saturated carbocycles. The topological polar surface area (TPSA) is 50.2 Å². The summed E-state index contributed by atoms with van der Waals surface area (Å²) in [4.78, 5) is 16.7. The summed E-state index contributed by atoms with van der Waals surface area (Å²) in [6.07, 6.45) is 1.71. The summed E-state index contributed by atoms with van der Waals surface area (Å²) >= 11 is 0. The molecule has 4 heteroatoms. The number of hydrogen-bond donors (Lipinski definition) is 1. The van der Waals surface area contributed by atoms with Crippen molar-refractivity contribution >= 4 is 5.65 Å². The van der Waals surface area contributed by atoms with Crippen LogP contribution in [0.5, 0.6) is 0 Å². The number of aryl methyl sites for hydroxylation is 1.